The first-order valence-corrected chi connectivity index (χ1v) is 9.88. The van der Waals surface area contributed by atoms with E-state index in [9.17, 15) is 9.59 Å². The predicted molar refractivity (Wildman–Crippen MR) is 107 cm³/mol. The Morgan fingerprint density at radius 2 is 1.96 bits per heavy atom. The Balaban J connectivity index is 1.67. The van der Waals surface area contributed by atoms with Gasteiger partial charge in [0.05, 0.1) is 12.8 Å². The molecule has 2 aromatic carbocycles. The van der Waals surface area contributed by atoms with Crippen LogP contribution in [0.1, 0.15) is 12.5 Å². The Labute approximate surface area is 162 Å². The zero-order valence-electron chi connectivity index (χ0n) is 15.3. The summed E-state index contributed by atoms with van der Waals surface area (Å²) < 4.78 is 5.15. The number of amides is 3. The monoisotopic (exact) mass is 383 g/mol. The van der Waals surface area contributed by atoms with E-state index < -0.39 is 4.87 Å². The van der Waals surface area contributed by atoms with E-state index in [0.29, 0.717) is 24.5 Å². The van der Waals surface area contributed by atoms with E-state index in [1.165, 1.54) is 11.8 Å². The van der Waals surface area contributed by atoms with Crippen molar-refractivity contribution in [2.75, 3.05) is 36.2 Å². The van der Waals surface area contributed by atoms with E-state index in [2.05, 4.69) is 5.32 Å². The van der Waals surface area contributed by atoms with E-state index in [1.54, 1.807) is 41.2 Å². The molecular weight excluding hydrogens is 362 g/mol. The summed E-state index contributed by atoms with van der Waals surface area (Å²) in [5.74, 6) is 1.39. The Morgan fingerprint density at radius 1 is 1.22 bits per heavy atom. The average Bonchev–Trinajstić information content (AvgIpc) is 3.24. The Bertz CT molecular complexity index is 886. The van der Waals surface area contributed by atoms with Crippen LogP contribution in [-0.2, 0) is 9.67 Å². The minimum atomic E-state index is -0.983. The number of nitrogens with one attached hydrogen (secondary N) is 1. The lowest BCUT2D eigenvalue weighted by Gasteiger charge is -2.33. The first kappa shape index (κ1) is 17.7. The molecule has 3 amide bonds. The Hall–Kier alpha value is -2.67. The number of anilines is 2. The summed E-state index contributed by atoms with van der Waals surface area (Å²) in [5, 5.41) is 2.92. The molecule has 2 heterocycles. The summed E-state index contributed by atoms with van der Waals surface area (Å²) in [7, 11) is 1.60. The highest BCUT2D eigenvalue weighted by Crippen LogP contribution is 2.53. The van der Waals surface area contributed by atoms with Crippen LogP contribution in [0.25, 0.3) is 0 Å². The molecule has 1 unspecified atom stereocenters. The second-order valence-electron chi connectivity index (χ2n) is 6.37. The molecule has 1 spiro atoms. The van der Waals surface area contributed by atoms with Crippen molar-refractivity contribution in [2.24, 2.45) is 0 Å². The maximum atomic E-state index is 13.3. The summed E-state index contributed by atoms with van der Waals surface area (Å²) in [5.41, 5.74) is 2.45. The summed E-state index contributed by atoms with van der Waals surface area (Å²) in [6, 6.07) is 14.6. The molecule has 0 aliphatic carbocycles. The maximum absolute atomic E-state index is 13.3. The molecular formula is C20H21N3O3S. The van der Waals surface area contributed by atoms with Gasteiger partial charge in [0.15, 0.2) is 4.87 Å². The molecule has 4 rings (SSSR count). The molecule has 27 heavy (non-hydrogen) atoms. The number of rotatable bonds is 3. The number of methoxy groups -OCH3 is 1. The molecule has 2 aromatic rings. The molecule has 0 saturated carbocycles. The summed E-state index contributed by atoms with van der Waals surface area (Å²) >= 11 is 1.53. The number of ether oxygens (including phenoxy) is 1. The van der Waals surface area contributed by atoms with Gasteiger partial charge >= 0.3 is 6.03 Å². The van der Waals surface area contributed by atoms with E-state index in [4.69, 9.17) is 4.74 Å². The van der Waals surface area contributed by atoms with Gasteiger partial charge in [0.2, 0.25) is 0 Å². The van der Waals surface area contributed by atoms with E-state index in [0.717, 1.165) is 17.0 Å². The van der Waals surface area contributed by atoms with Crippen molar-refractivity contribution >= 4 is 35.1 Å². The SMILES string of the molecule is CCN1C(=O)C2(SCCN2C(=O)Nc2ccc(OC)cc2)c2ccccc21. The van der Waals surface area contributed by atoms with Crippen molar-refractivity contribution in [3.8, 4) is 5.75 Å². The number of likely N-dealkylation sites (N-methyl/N-ethyl adjacent to an activating group) is 1. The minimum Gasteiger partial charge on any atom is -0.497 e. The molecule has 0 aromatic heterocycles. The molecule has 0 radical (unpaired) electrons. The quantitative estimate of drug-likeness (QED) is 0.881. The van der Waals surface area contributed by atoms with Gasteiger partial charge < -0.3 is 15.0 Å². The third-order valence-electron chi connectivity index (χ3n) is 5.00. The third kappa shape index (κ3) is 2.65. The van der Waals surface area contributed by atoms with Crippen molar-refractivity contribution in [3.63, 3.8) is 0 Å². The number of urea groups is 1. The lowest BCUT2D eigenvalue weighted by Crippen LogP contribution is -2.51. The van der Waals surface area contributed by atoms with Gasteiger partial charge in [-0.15, -0.1) is 11.8 Å². The lowest BCUT2D eigenvalue weighted by molar-refractivity contribution is -0.123. The summed E-state index contributed by atoms with van der Waals surface area (Å²) in [4.78, 5) is 28.9. The van der Waals surface area contributed by atoms with Crippen LogP contribution in [0.15, 0.2) is 48.5 Å². The van der Waals surface area contributed by atoms with E-state index in [1.807, 2.05) is 31.2 Å². The highest BCUT2D eigenvalue weighted by Gasteiger charge is 2.59. The molecule has 1 N–H and O–H groups in total. The smallest absolute Gasteiger partial charge is 0.323 e. The number of thioether (sulfide) groups is 1. The summed E-state index contributed by atoms with van der Waals surface area (Å²) in [6.07, 6.45) is 0. The highest BCUT2D eigenvalue weighted by molar-refractivity contribution is 8.01. The number of nitrogens with zero attached hydrogens (tertiary/aromatic N) is 2. The van der Waals surface area contributed by atoms with Crippen LogP contribution in [0.3, 0.4) is 0 Å². The molecule has 0 bridgehead atoms. The van der Waals surface area contributed by atoms with Crippen LogP contribution < -0.4 is 15.0 Å². The van der Waals surface area contributed by atoms with Crippen LogP contribution in [0.5, 0.6) is 5.75 Å². The van der Waals surface area contributed by atoms with E-state index in [-0.39, 0.29) is 11.9 Å². The first-order valence-electron chi connectivity index (χ1n) is 8.90. The van der Waals surface area contributed by atoms with E-state index >= 15 is 0 Å². The van der Waals surface area contributed by atoms with Crippen molar-refractivity contribution < 1.29 is 14.3 Å². The number of benzene rings is 2. The van der Waals surface area contributed by atoms with Gasteiger partial charge in [0.1, 0.15) is 5.75 Å². The van der Waals surface area contributed by atoms with Gasteiger partial charge in [-0.1, -0.05) is 18.2 Å². The van der Waals surface area contributed by atoms with Crippen LogP contribution in [-0.4, -0.2) is 42.8 Å². The summed E-state index contributed by atoms with van der Waals surface area (Å²) in [6.45, 7) is 3.05. The van der Waals surface area contributed by atoms with Gasteiger partial charge in [-0.25, -0.2) is 4.79 Å². The van der Waals surface area contributed by atoms with Gasteiger partial charge in [-0.05, 0) is 37.3 Å². The predicted octanol–water partition coefficient (Wildman–Crippen LogP) is 3.50. The van der Waals surface area contributed by atoms with Crippen LogP contribution in [0.2, 0.25) is 0 Å². The molecule has 7 heteroatoms. The fourth-order valence-electron chi connectivity index (χ4n) is 3.75. The molecule has 140 valence electrons. The van der Waals surface area contributed by atoms with Crippen molar-refractivity contribution in [1.82, 2.24) is 4.90 Å². The number of hydrogen-bond donors (Lipinski definition) is 1. The van der Waals surface area contributed by atoms with Crippen LogP contribution in [0, 0.1) is 0 Å². The standard InChI is InChI=1S/C20H21N3O3S/c1-3-22-17-7-5-4-6-16(17)20(18(22)24)23(12-13-27-20)19(25)21-14-8-10-15(26-2)11-9-14/h4-11H,3,12-13H2,1-2H3,(H,21,25). The van der Waals surface area contributed by atoms with Gasteiger partial charge in [-0.2, -0.15) is 0 Å². The topological polar surface area (TPSA) is 61.9 Å². The Morgan fingerprint density at radius 3 is 2.67 bits per heavy atom. The molecule has 1 saturated heterocycles. The highest BCUT2D eigenvalue weighted by atomic mass is 32.2. The molecule has 2 aliphatic heterocycles. The van der Waals surface area contributed by atoms with Crippen LogP contribution >= 0.6 is 11.8 Å². The molecule has 1 fully saturated rings. The molecule has 2 aliphatic rings. The molecule has 6 nitrogen and oxygen atoms in total. The van der Waals surface area contributed by atoms with Crippen molar-refractivity contribution in [3.05, 3.63) is 54.1 Å². The number of para-hydroxylation sites is 1. The van der Waals surface area contributed by atoms with Gasteiger partial charge in [0.25, 0.3) is 5.91 Å². The fourth-order valence-corrected chi connectivity index (χ4v) is 5.21. The Kier molecular flexibility index (Phi) is 4.47. The molecule has 1 atom stereocenters. The second-order valence-corrected chi connectivity index (χ2v) is 7.66. The lowest BCUT2D eigenvalue weighted by atomic mass is 10.1. The number of carbonyl (C=O) groups excluding carboxylic acids is 2. The first-order chi connectivity index (χ1) is 13.1. The van der Waals surface area contributed by atoms with Crippen LogP contribution in [0.4, 0.5) is 16.2 Å². The van der Waals surface area contributed by atoms with Crippen molar-refractivity contribution in [2.45, 2.75) is 11.8 Å². The second kappa shape index (κ2) is 6.81. The number of hydrogen-bond acceptors (Lipinski definition) is 4. The minimum absolute atomic E-state index is 0.0430. The average molecular weight is 383 g/mol. The largest absolute Gasteiger partial charge is 0.497 e. The zero-order chi connectivity index (χ0) is 19.0. The van der Waals surface area contributed by atoms with Gasteiger partial charge in [0, 0.05) is 30.1 Å². The maximum Gasteiger partial charge on any atom is 0.323 e. The zero-order valence-corrected chi connectivity index (χ0v) is 16.1. The fraction of sp³-hybridized carbons (Fsp3) is 0.300. The number of carbonyl (C=O) groups is 2. The van der Waals surface area contributed by atoms with Crippen molar-refractivity contribution in [1.29, 1.82) is 0 Å². The number of fused-ring (bicyclic) bond motifs is 2. The van der Waals surface area contributed by atoms with Gasteiger partial charge in [-0.3, -0.25) is 9.69 Å². The third-order valence-corrected chi connectivity index (χ3v) is 6.42. The normalized spacial score (nSPS) is 20.9.